The maximum absolute atomic E-state index is 12.8. The van der Waals surface area contributed by atoms with Gasteiger partial charge in [-0.2, -0.15) is 4.39 Å². The molecule has 0 N–H and O–H groups in total. The van der Waals surface area contributed by atoms with Crippen molar-refractivity contribution in [2.24, 2.45) is 0 Å². The Hall–Kier alpha value is -0.610. The van der Waals surface area contributed by atoms with Crippen LogP contribution < -0.4 is 0 Å². The van der Waals surface area contributed by atoms with Crippen LogP contribution in [0.1, 0.15) is 13.3 Å². The molecule has 1 aliphatic rings. The van der Waals surface area contributed by atoms with Gasteiger partial charge in [0.25, 0.3) is 0 Å². The second-order valence-corrected chi connectivity index (χ2v) is 4.65. The fourth-order valence-electron chi connectivity index (χ4n) is 1.50. The van der Waals surface area contributed by atoms with E-state index in [9.17, 15) is 4.39 Å². The number of pyridine rings is 1. The van der Waals surface area contributed by atoms with Crippen LogP contribution in [0.15, 0.2) is 23.2 Å². The topological polar surface area (TPSA) is 22.1 Å². The molecular formula is C10H12FNOS. The van der Waals surface area contributed by atoms with Gasteiger partial charge in [0.1, 0.15) is 0 Å². The molecule has 0 aromatic carbocycles. The van der Waals surface area contributed by atoms with Crippen LogP contribution in [-0.4, -0.2) is 22.9 Å². The molecule has 2 atom stereocenters. The quantitative estimate of drug-likeness (QED) is 0.705. The molecule has 1 aromatic heterocycles. The number of thioether (sulfide) groups is 1. The van der Waals surface area contributed by atoms with Gasteiger partial charge in [0, 0.05) is 29.0 Å². The summed E-state index contributed by atoms with van der Waals surface area (Å²) in [5.74, 6) is -0.415. The maximum atomic E-state index is 12.8. The van der Waals surface area contributed by atoms with Crippen molar-refractivity contribution < 1.29 is 9.13 Å². The Bertz CT molecular complexity index is 321. The standard InChI is InChI=1S/C10H12FNOS/c1-7-9(3-5-13-7)14-8-2-4-12-10(11)6-8/h2,4,6-7,9H,3,5H2,1H3. The molecule has 0 saturated carbocycles. The zero-order valence-electron chi connectivity index (χ0n) is 7.94. The second-order valence-electron chi connectivity index (χ2n) is 3.34. The molecule has 4 heteroatoms. The average molecular weight is 213 g/mol. The summed E-state index contributed by atoms with van der Waals surface area (Å²) >= 11 is 1.67. The highest BCUT2D eigenvalue weighted by Crippen LogP contribution is 2.32. The van der Waals surface area contributed by atoms with Crippen LogP contribution in [0.2, 0.25) is 0 Å². The molecule has 76 valence electrons. The van der Waals surface area contributed by atoms with E-state index in [1.807, 2.05) is 6.07 Å². The number of aromatic nitrogens is 1. The van der Waals surface area contributed by atoms with Crippen LogP contribution in [0.3, 0.4) is 0 Å². The van der Waals surface area contributed by atoms with Crippen molar-refractivity contribution in [2.75, 3.05) is 6.61 Å². The summed E-state index contributed by atoms with van der Waals surface area (Å²) in [5, 5.41) is 0.441. The molecule has 0 radical (unpaired) electrons. The van der Waals surface area contributed by atoms with Gasteiger partial charge >= 0.3 is 0 Å². The lowest BCUT2D eigenvalue weighted by atomic mass is 10.3. The smallest absolute Gasteiger partial charge is 0.213 e. The molecule has 1 aromatic rings. The Labute approximate surface area is 86.9 Å². The fourth-order valence-corrected chi connectivity index (χ4v) is 2.64. The van der Waals surface area contributed by atoms with Crippen LogP contribution in [0, 0.1) is 5.95 Å². The van der Waals surface area contributed by atoms with Gasteiger partial charge in [0.05, 0.1) is 6.10 Å². The molecule has 14 heavy (non-hydrogen) atoms. The monoisotopic (exact) mass is 213 g/mol. The Morgan fingerprint density at radius 3 is 3.14 bits per heavy atom. The van der Waals surface area contributed by atoms with Gasteiger partial charge in [0.2, 0.25) is 5.95 Å². The van der Waals surface area contributed by atoms with E-state index in [4.69, 9.17) is 4.74 Å². The highest BCUT2D eigenvalue weighted by molar-refractivity contribution is 8.00. The molecule has 0 spiro atoms. The lowest BCUT2D eigenvalue weighted by Gasteiger charge is -2.12. The van der Waals surface area contributed by atoms with Crippen LogP contribution >= 0.6 is 11.8 Å². The molecule has 2 rings (SSSR count). The summed E-state index contributed by atoms with van der Waals surface area (Å²) in [5.41, 5.74) is 0. The van der Waals surface area contributed by atoms with Crippen molar-refractivity contribution in [3.8, 4) is 0 Å². The molecule has 2 heterocycles. The lowest BCUT2D eigenvalue weighted by Crippen LogP contribution is -2.12. The van der Waals surface area contributed by atoms with Gasteiger partial charge in [-0.15, -0.1) is 11.8 Å². The Kier molecular flexibility index (Phi) is 3.03. The summed E-state index contributed by atoms with van der Waals surface area (Å²) in [4.78, 5) is 4.45. The maximum Gasteiger partial charge on any atom is 0.213 e. The van der Waals surface area contributed by atoms with Crippen LogP contribution in [-0.2, 0) is 4.74 Å². The highest BCUT2D eigenvalue weighted by Gasteiger charge is 2.25. The first-order valence-corrected chi connectivity index (χ1v) is 5.53. The average Bonchev–Trinajstić information content (AvgIpc) is 2.52. The van der Waals surface area contributed by atoms with E-state index in [2.05, 4.69) is 11.9 Å². The minimum Gasteiger partial charge on any atom is -0.377 e. The van der Waals surface area contributed by atoms with Gasteiger partial charge in [-0.3, -0.25) is 0 Å². The van der Waals surface area contributed by atoms with Crippen LogP contribution in [0.5, 0.6) is 0 Å². The number of nitrogens with zero attached hydrogens (tertiary/aromatic N) is 1. The Balaban J connectivity index is 2.03. The van der Waals surface area contributed by atoms with Crippen molar-refractivity contribution in [3.05, 3.63) is 24.3 Å². The molecule has 0 aliphatic carbocycles. The second kappa shape index (κ2) is 4.28. The largest absolute Gasteiger partial charge is 0.377 e. The van der Waals surface area contributed by atoms with Crippen molar-refractivity contribution in [1.82, 2.24) is 4.98 Å². The predicted molar refractivity (Wildman–Crippen MR) is 53.9 cm³/mol. The van der Waals surface area contributed by atoms with Crippen LogP contribution in [0.25, 0.3) is 0 Å². The summed E-state index contributed by atoms with van der Waals surface area (Å²) in [6, 6.07) is 3.30. The molecule has 0 amide bonds. The molecule has 1 fully saturated rings. The molecule has 2 nitrogen and oxygen atoms in total. The Morgan fingerprint density at radius 2 is 2.50 bits per heavy atom. The first-order chi connectivity index (χ1) is 6.75. The van der Waals surface area contributed by atoms with E-state index < -0.39 is 5.95 Å². The van der Waals surface area contributed by atoms with Gasteiger partial charge in [-0.25, -0.2) is 4.98 Å². The Morgan fingerprint density at radius 1 is 1.64 bits per heavy atom. The van der Waals surface area contributed by atoms with E-state index in [1.165, 1.54) is 12.3 Å². The zero-order valence-corrected chi connectivity index (χ0v) is 8.76. The summed E-state index contributed by atoms with van der Waals surface area (Å²) in [7, 11) is 0. The third kappa shape index (κ3) is 2.25. The van der Waals surface area contributed by atoms with Crippen molar-refractivity contribution in [3.63, 3.8) is 0 Å². The summed E-state index contributed by atoms with van der Waals surface area (Å²) < 4.78 is 18.2. The van der Waals surface area contributed by atoms with Crippen molar-refractivity contribution in [1.29, 1.82) is 0 Å². The number of hydrogen-bond donors (Lipinski definition) is 0. The van der Waals surface area contributed by atoms with Gasteiger partial charge in [-0.1, -0.05) is 0 Å². The minimum atomic E-state index is -0.415. The summed E-state index contributed by atoms with van der Waals surface area (Å²) in [6.45, 7) is 2.87. The van der Waals surface area contributed by atoms with Crippen LogP contribution in [0.4, 0.5) is 4.39 Å². The van der Waals surface area contributed by atoms with E-state index in [-0.39, 0.29) is 6.10 Å². The first kappa shape index (κ1) is 9.93. The SMILES string of the molecule is CC1OCCC1Sc1ccnc(F)c1. The van der Waals surface area contributed by atoms with E-state index in [0.717, 1.165) is 17.9 Å². The predicted octanol–water partition coefficient (Wildman–Crippen LogP) is 2.49. The number of rotatable bonds is 2. The first-order valence-electron chi connectivity index (χ1n) is 4.65. The molecular weight excluding hydrogens is 201 g/mol. The minimum absolute atomic E-state index is 0.260. The summed E-state index contributed by atoms with van der Waals surface area (Å²) in [6.07, 6.45) is 2.80. The van der Waals surface area contributed by atoms with Crippen molar-refractivity contribution in [2.45, 2.75) is 29.6 Å². The number of halogens is 1. The van der Waals surface area contributed by atoms with E-state index in [0.29, 0.717) is 5.25 Å². The van der Waals surface area contributed by atoms with E-state index in [1.54, 1.807) is 11.8 Å². The number of ether oxygens (including phenoxy) is 1. The molecule has 2 unspecified atom stereocenters. The van der Waals surface area contributed by atoms with Gasteiger partial charge in [-0.05, 0) is 19.4 Å². The normalized spacial score (nSPS) is 26.7. The third-order valence-corrected chi connectivity index (χ3v) is 3.74. The fraction of sp³-hybridized carbons (Fsp3) is 0.500. The molecule has 1 saturated heterocycles. The van der Waals surface area contributed by atoms with E-state index >= 15 is 0 Å². The number of hydrogen-bond acceptors (Lipinski definition) is 3. The van der Waals surface area contributed by atoms with Gasteiger partial charge in [0.15, 0.2) is 0 Å². The lowest BCUT2D eigenvalue weighted by molar-refractivity contribution is 0.127. The molecule has 0 bridgehead atoms. The van der Waals surface area contributed by atoms with Crippen molar-refractivity contribution >= 4 is 11.8 Å². The highest BCUT2D eigenvalue weighted by atomic mass is 32.2. The third-order valence-electron chi connectivity index (χ3n) is 2.29. The molecule has 1 aliphatic heterocycles. The zero-order chi connectivity index (χ0) is 9.97. The van der Waals surface area contributed by atoms with Gasteiger partial charge < -0.3 is 4.74 Å².